The van der Waals surface area contributed by atoms with Crippen LogP contribution in [0.25, 0.3) is 6.08 Å². The number of carbonyl (C=O) groups excluding carboxylic acids is 2. The molecule has 0 spiro atoms. The lowest BCUT2D eigenvalue weighted by atomic mass is 9.88. The SMILES string of the molecule is Cc1nc(CNC(=O)OCC2CCc3c(sc(NC(=O)/C=C/c4ccoc4)c3C#N)C2)cs1. The Bertz CT molecular complexity index is 1200. The molecule has 0 radical (unpaired) electrons. The molecule has 3 heterocycles. The zero-order chi connectivity index (χ0) is 23.2. The van der Waals surface area contributed by atoms with Crippen molar-refractivity contribution in [1.82, 2.24) is 10.3 Å². The Morgan fingerprint density at radius 1 is 1.45 bits per heavy atom. The van der Waals surface area contributed by atoms with E-state index >= 15 is 0 Å². The molecule has 4 rings (SSSR count). The molecule has 3 aromatic heterocycles. The molecule has 2 N–H and O–H groups in total. The number of fused-ring (bicyclic) bond motifs is 1. The first kappa shape index (κ1) is 22.8. The third-order valence-corrected chi connectivity index (χ3v) is 7.21. The highest BCUT2D eigenvalue weighted by Gasteiger charge is 2.27. The van der Waals surface area contributed by atoms with Crippen LogP contribution in [-0.4, -0.2) is 23.6 Å². The Morgan fingerprint density at radius 3 is 3.06 bits per heavy atom. The van der Waals surface area contributed by atoms with Crippen molar-refractivity contribution >= 4 is 45.8 Å². The number of furan rings is 1. The van der Waals surface area contributed by atoms with Crippen LogP contribution in [0.3, 0.4) is 0 Å². The van der Waals surface area contributed by atoms with E-state index in [9.17, 15) is 14.9 Å². The van der Waals surface area contributed by atoms with Crippen molar-refractivity contribution in [2.75, 3.05) is 11.9 Å². The van der Waals surface area contributed by atoms with Gasteiger partial charge in [-0.15, -0.1) is 22.7 Å². The van der Waals surface area contributed by atoms with Crippen LogP contribution < -0.4 is 10.6 Å². The van der Waals surface area contributed by atoms with Crippen LogP contribution in [0.1, 0.15) is 38.7 Å². The van der Waals surface area contributed by atoms with Crippen LogP contribution in [0.4, 0.5) is 9.80 Å². The summed E-state index contributed by atoms with van der Waals surface area (Å²) in [5.74, 6) is -0.141. The maximum Gasteiger partial charge on any atom is 0.407 e. The number of alkyl carbamates (subject to hydrolysis) is 1. The molecule has 0 aromatic carbocycles. The highest BCUT2D eigenvalue weighted by Crippen LogP contribution is 2.39. The van der Waals surface area contributed by atoms with Gasteiger partial charge in [0.05, 0.1) is 41.9 Å². The second kappa shape index (κ2) is 10.5. The smallest absolute Gasteiger partial charge is 0.407 e. The first-order chi connectivity index (χ1) is 16.0. The van der Waals surface area contributed by atoms with Gasteiger partial charge in [-0.2, -0.15) is 5.26 Å². The topological polar surface area (TPSA) is 117 Å². The zero-order valence-corrected chi connectivity index (χ0v) is 19.6. The molecule has 33 heavy (non-hydrogen) atoms. The van der Waals surface area contributed by atoms with Crippen molar-refractivity contribution < 1.29 is 18.7 Å². The van der Waals surface area contributed by atoms with Crippen LogP contribution in [0.15, 0.2) is 34.5 Å². The number of thiazole rings is 1. The van der Waals surface area contributed by atoms with E-state index in [1.165, 1.54) is 41.3 Å². The number of aromatic nitrogens is 1. The number of rotatable bonds is 7. The van der Waals surface area contributed by atoms with Crippen LogP contribution >= 0.6 is 22.7 Å². The maximum absolute atomic E-state index is 12.3. The van der Waals surface area contributed by atoms with Crippen LogP contribution in [0, 0.1) is 24.2 Å². The lowest BCUT2D eigenvalue weighted by Gasteiger charge is -2.21. The monoisotopic (exact) mass is 482 g/mol. The number of nitrogens with zero attached hydrogens (tertiary/aromatic N) is 2. The van der Waals surface area contributed by atoms with Crippen molar-refractivity contribution in [3.63, 3.8) is 0 Å². The fourth-order valence-electron chi connectivity index (χ4n) is 3.59. The Kier molecular flexibility index (Phi) is 7.22. The average molecular weight is 483 g/mol. The number of thiophene rings is 1. The van der Waals surface area contributed by atoms with Crippen LogP contribution in [-0.2, 0) is 28.9 Å². The van der Waals surface area contributed by atoms with Crippen LogP contribution in [0.5, 0.6) is 0 Å². The molecule has 3 aromatic rings. The number of nitriles is 1. The van der Waals surface area contributed by atoms with E-state index in [4.69, 9.17) is 9.15 Å². The lowest BCUT2D eigenvalue weighted by Crippen LogP contribution is -2.27. The van der Waals surface area contributed by atoms with Gasteiger partial charge in [0.2, 0.25) is 5.91 Å². The molecule has 10 heteroatoms. The fourth-order valence-corrected chi connectivity index (χ4v) is 5.52. The van der Waals surface area contributed by atoms with Crippen molar-refractivity contribution in [3.05, 3.63) is 62.3 Å². The number of anilines is 1. The number of hydrogen-bond acceptors (Lipinski definition) is 8. The van der Waals surface area contributed by atoms with E-state index in [-0.39, 0.29) is 11.8 Å². The summed E-state index contributed by atoms with van der Waals surface area (Å²) in [6.45, 7) is 2.56. The van der Waals surface area contributed by atoms with Gasteiger partial charge in [0, 0.05) is 21.9 Å². The minimum Gasteiger partial charge on any atom is -0.472 e. The molecule has 0 aliphatic heterocycles. The van der Waals surface area contributed by atoms with Gasteiger partial charge in [0.15, 0.2) is 0 Å². The second-order valence-electron chi connectivity index (χ2n) is 7.62. The lowest BCUT2D eigenvalue weighted by molar-refractivity contribution is -0.111. The zero-order valence-electron chi connectivity index (χ0n) is 17.9. The molecule has 0 saturated heterocycles. The normalized spacial score (nSPS) is 15.1. The van der Waals surface area contributed by atoms with Gasteiger partial charge in [0.1, 0.15) is 11.1 Å². The standard InChI is InChI=1S/C23H22N4O4S2/c1-14-26-17(13-32-14)10-25-23(29)31-12-16-2-4-18-19(9-24)22(33-20(18)8-16)27-21(28)5-3-15-6-7-30-11-15/h3,5-7,11,13,16H,2,4,8,10,12H2,1H3,(H,25,29)(H,27,28)/b5-3+. The minimum absolute atomic E-state index is 0.166. The Hall–Kier alpha value is -3.42. The predicted molar refractivity (Wildman–Crippen MR) is 126 cm³/mol. The second-order valence-corrected chi connectivity index (χ2v) is 9.79. The summed E-state index contributed by atoms with van der Waals surface area (Å²) >= 11 is 2.95. The molecule has 1 atom stereocenters. The summed E-state index contributed by atoms with van der Waals surface area (Å²) < 4.78 is 10.4. The molecule has 1 aliphatic rings. The molecule has 170 valence electrons. The molecular formula is C23H22N4O4S2. The summed E-state index contributed by atoms with van der Waals surface area (Å²) in [5, 5.41) is 18.6. The highest BCUT2D eigenvalue weighted by molar-refractivity contribution is 7.16. The summed E-state index contributed by atoms with van der Waals surface area (Å²) in [4.78, 5) is 29.7. The summed E-state index contributed by atoms with van der Waals surface area (Å²) in [6, 6.07) is 3.98. The molecule has 0 fully saturated rings. The number of carbonyl (C=O) groups is 2. The molecule has 0 saturated carbocycles. The van der Waals surface area contributed by atoms with Gasteiger partial charge >= 0.3 is 6.09 Å². The number of amides is 2. The van der Waals surface area contributed by atoms with E-state index in [1.54, 1.807) is 12.1 Å². The molecule has 8 nitrogen and oxygen atoms in total. The van der Waals surface area contributed by atoms with E-state index in [2.05, 4.69) is 21.7 Å². The number of nitrogens with one attached hydrogen (secondary N) is 2. The highest BCUT2D eigenvalue weighted by atomic mass is 32.1. The molecule has 0 bridgehead atoms. The van der Waals surface area contributed by atoms with Crippen molar-refractivity contribution in [2.45, 2.75) is 32.7 Å². The minimum atomic E-state index is -0.465. The fraction of sp³-hybridized carbons (Fsp3) is 0.304. The largest absolute Gasteiger partial charge is 0.472 e. The van der Waals surface area contributed by atoms with E-state index in [0.29, 0.717) is 36.6 Å². The number of ether oxygens (including phenoxy) is 1. The van der Waals surface area contributed by atoms with Gasteiger partial charge in [-0.25, -0.2) is 9.78 Å². The first-order valence-electron chi connectivity index (χ1n) is 10.4. The predicted octanol–water partition coefficient (Wildman–Crippen LogP) is 4.66. The Morgan fingerprint density at radius 2 is 2.33 bits per heavy atom. The van der Waals surface area contributed by atoms with E-state index in [1.807, 2.05) is 12.3 Å². The van der Waals surface area contributed by atoms with Crippen molar-refractivity contribution in [2.24, 2.45) is 5.92 Å². The van der Waals surface area contributed by atoms with Crippen molar-refractivity contribution in [1.29, 1.82) is 5.26 Å². The van der Waals surface area contributed by atoms with E-state index in [0.717, 1.165) is 33.1 Å². The number of hydrogen-bond donors (Lipinski definition) is 2. The third kappa shape index (κ3) is 5.88. The quantitative estimate of drug-likeness (QED) is 0.473. The van der Waals surface area contributed by atoms with Gasteiger partial charge in [-0.1, -0.05) is 0 Å². The van der Waals surface area contributed by atoms with Crippen LogP contribution in [0.2, 0.25) is 0 Å². The molecule has 2 amide bonds. The van der Waals surface area contributed by atoms with Gasteiger partial charge < -0.3 is 19.8 Å². The molecule has 1 aliphatic carbocycles. The average Bonchev–Trinajstić information content (AvgIpc) is 3.54. The summed E-state index contributed by atoms with van der Waals surface area (Å²) in [5.41, 5.74) is 3.10. The van der Waals surface area contributed by atoms with E-state index < -0.39 is 6.09 Å². The first-order valence-corrected chi connectivity index (χ1v) is 12.1. The third-order valence-electron chi connectivity index (χ3n) is 5.22. The van der Waals surface area contributed by atoms with Gasteiger partial charge in [-0.3, -0.25) is 4.79 Å². The van der Waals surface area contributed by atoms with Crippen molar-refractivity contribution in [3.8, 4) is 6.07 Å². The maximum atomic E-state index is 12.3. The molecular weight excluding hydrogens is 460 g/mol. The Labute approximate surface area is 198 Å². The summed E-state index contributed by atoms with van der Waals surface area (Å²) in [7, 11) is 0. The number of aryl methyl sites for hydroxylation is 1. The Balaban J connectivity index is 1.31. The molecule has 1 unspecified atom stereocenters. The van der Waals surface area contributed by atoms with Gasteiger partial charge in [0.25, 0.3) is 0 Å². The summed E-state index contributed by atoms with van der Waals surface area (Å²) in [6.07, 6.45) is 7.88. The van der Waals surface area contributed by atoms with Gasteiger partial charge in [-0.05, 0) is 49.8 Å².